The molecule has 0 atom stereocenters. The fraction of sp³-hybridized carbons (Fsp3) is 0.235. The highest BCUT2D eigenvalue weighted by Gasteiger charge is 2.15. The first-order chi connectivity index (χ1) is 11.0. The zero-order chi connectivity index (χ0) is 16.7. The highest BCUT2D eigenvalue weighted by Crippen LogP contribution is 2.10. The lowest BCUT2D eigenvalue weighted by Gasteiger charge is -2.08. The van der Waals surface area contributed by atoms with E-state index in [0.29, 0.717) is 0 Å². The van der Waals surface area contributed by atoms with Crippen molar-refractivity contribution in [3.05, 3.63) is 65.7 Å². The van der Waals surface area contributed by atoms with Crippen LogP contribution in [0.4, 0.5) is 0 Å². The molecule has 0 aliphatic heterocycles. The molecule has 1 N–H and O–H groups in total. The van der Waals surface area contributed by atoms with E-state index >= 15 is 0 Å². The van der Waals surface area contributed by atoms with Crippen LogP contribution in [0.5, 0.6) is 0 Å². The summed E-state index contributed by atoms with van der Waals surface area (Å²) in [6.45, 7) is 1.71. The number of nitrogens with one attached hydrogen (secondary N) is 1. The summed E-state index contributed by atoms with van der Waals surface area (Å²) in [7, 11) is -3.71. The topological polar surface area (TPSA) is 72.5 Å². The van der Waals surface area contributed by atoms with Gasteiger partial charge in [0.15, 0.2) is 0 Å². The van der Waals surface area contributed by atoms with Crippen molar-refractivity contribution >= 4 is 16.0 Å². The SMILES string of the molecule is CCc1ccc(S(=O)(=O)NCC(=O)OCc2ccccc2)cc1. The van der Waals surface area contributed by atoms with Crippen molar-refractivity contribution < 1.29 is 17.9 Å². The molecule has 0 unspecified atom stereocenters. The van der Waals surface area contributed by atoms with Crippen molar-refractivity contribution in [3.8, 4) is 0 Å². The van der Waals surface area contributed by atoms with E-state index in [1.807, 2.05) is 37.3 Å². The number of hydrogen-bond acceptors (Lipinski definition) is 4. The maximum absolute atomic E-state index is 12.1. The van der Waals surface area contributed by atoms with Gasteiger partial charge in [-0.2, -0.15) is 4.72 Å². The molecule has 0 saturated carbocycles. The van der Waals surface area contributed by atoms with E-state index in [2.05, 4.69) is 4.72 Å². The molecule has 0 aliphatic rings. The fourth-order valence-electron chi connectivity index (χ4n) is 1.93. The zero-order valence-corrected chi connectivity index (χ0v) is 13.7. The van der Waals surface area contributed by atoms with Gasteiger partial charge >= 0.3 is 5.97 Å². The normalized spacial score (nSPS) is 11.2. The Balaban J connectivity index is 1.87. The molecule has 122 valence electrons. The van der Waals surface area contributed by atoms with E-state index in [9.17, 15) is 13.2 Å². The summed E-state index contributed by atoms with van der Waals surface area (Å²) in [5.74, 6) is -0.623. The van der Waals surface area contributed by atoms with Crippen LogP contribution in [0.2, 0.25) is 0 Å². The predicted molar refractivity (Wildman–Crippen MR) is 87.2 cm³/mol. The third-order valence-corrected chi connectivity index (χ3v) is 4.71. The van der Waals surface area contributed by atoms with Gasteiger partial charge in [0, 0.05) is 0 Å². The number of esters is 1. The first-order valence-electron chi connectivity index (χ1n) is 7.29. The van der Waals surface area contributed by atoms with Crippen LogP contribution in [-0.2, 0) is 32.6 Å². The molecule has 0 radical (unpaired) electrons. The van der Waals surface area contributed by atoms with Crippen molar-refractivity contribution in [1.29, 1.82) is 0 Å². The largest absolute Gasteiger partial charge is 0.460 e. The maximum Gasteiger partial charge on any atom is 0.321 e. The minimum absolute atomic E-state index is 0.118. The Hall–Kier alpha value is -2.18. The van der Waals surface area contributed by atoms with Gasteiger partial charge in [0.2, 0.25) is 10.0 Å². The van der Waals surface area contributed by atoms with Crippen LogP contribution in [0.25, 0.3) is 0 Å². The van der Waals surface area contributed by atoms with Gasteiger partial charge < -0.3 is 4.74 Å². The van der Waals surface area contributed by atoms with Crippen molar-refractivity contribution in [1.82, 2.24) is 4.72 Å². The molecule has 0 heterocycles. The van der Waals surface area contributed by atoms with E-state index in [1.165, 1.54) is 12.1 Å². The summed E-state index contributed by atoms with van der Waals surface area (Å²) in [5.41, 5.74) is 1.89. The smallest absolute Gasteiger partial charge is 0.321 e. The molecule has 2 rings (SSSR count). The lowest BCUT2D eigenvalue weighted by Crippen LogP contribution is -2.30. The van der Waals surface area contributed by atoms with Crippen molar-refractivity contribution in [2.24, 2.45) is 0 Å². The van der Waals surface area contributed by atoms with Crippen LogP contribution in [0.15, 0.2) is 59.5 Å². The first-order valence-corrected chi connectivity index (χ1v) is 8.78. The van der Waals surface area contributed by atoms with Crippen LogP contribution in [0.3, 0.4) is 0 Å². The molecule has 0 saturated heterocycles. The van der Waals surface area contributed by atoms with E-state index in [0.717, 1.165) is 17.5 Å². The maximum atomic E-state index is 12.1. The van der Waals surface area contributed by atoms with Crippen molar-refractivity contribution in [3.63, 3.8) is 0 Å². The van der Waals surface area contributed by atoms with E-state index < -0.39 is 22.5 Å². The summed E-state index contributed by atoms with van der Waals surface area (Å²) < 4.78 is 31.5. The summed E-state index contributed by atoms with van der Waals surface area (Å²) in [6, 6.07) is 15.7. The Bertz CT molecular complexity index is 740. The number of carbonyl (C=O) groups is 1. The Morgan fingerprint density at radius 2 is 1.65 bits per heavy atom. The summed E-state index contributed by atoms with van der Waals surface area (Å²) in [5, 5.41) is 0. The highest BCUT2D eigenvalue weighted by molar-refractivity contribution is 7.89. The third-order valence-electron chi connectivity index (χ3n) is 3.29. The minimum Gasteiger partial charge on any atom is -0.460 e. The lowest BCUT2D eigenvalue weighted by molar-refractivity contribution is -0.143. The minimum atomic E-state index is -3.71. The molecular weight excluding hydrogens is 314 g/mol. The second-order valence-electron chi connectivity index (χ2n) is 4.97. The number of carbonyl (C=O) groups excluding carboxylic acids is 1. The molecule has 0 fully saturated rings. The molecule has 5 nitrogen and oxygen atoms in total. The molecule has 0 aromatic heterocycles. The standard InChI is InChI=1S/C17H19NO4S/c1-2-14-8-10-16(11-9-14)23(20,21)18-12-17(19)22-13-15-6-4-3-5-7-15/h3-11,18H,2,12-13H2,1H3. The Kier molecular flexibility index (Phi) is 5.90. The quantitative estimate of drug-likeness (QED) is 0.789. The molecule has 23 heavy (non-hydrogen) atoms. The molecule has 2 aromatic rings. The van der Waals surface area contributed by atoms with Gasteiger partial charge in [-0.25, -0.2) is 8.42 Å². The van der Waals surface area contributed by atoms with Crippen LogP contribution < -0.4 is 4.72 Å². The molecule has 0 bridgehead atoms. The number of sulfonamides is 1. The van der Waals surface area contributed by atoms with Gasteiger partial charge in [-0.3, -0.25) is 4.79 Å². The van der Waals surface area contributed by atoms with Crippen LogP contribution in [0.1, 0.15) is 18.1 Å². The van der Waals surface area contributed by atoms with Gasteiger partial charge in [-0.15, -0.1) is 0 Å². The third kappa shape index (κ3) is 5.19. The molecule has 0 spiro atoms. The van der Waals surface area contributed by atoms with Crippen LogP contribution in [-0.4, -0.2) is 20.9 Å². The molecule has 0 aliphatic carbocycles. The zero-order valence-electron chi connectivity index (χ0n) is 12.9. The van der Waals surface area contributed by atoms with Gasteiger partial charge in [-0.1, -0.05) is 49.4 Å². The van der Waals surface area contributed by atoms with Crippen molar-refractivity contribution in [2.45, 2.75) is 24.8 Å². The number of rotatable bonds is 7. The van der Waals surface area contributed by atoms with Crippen LogP contribution in [0, 0.1) is 0 Å². The molecule has 6 heteroatoms. The number of ether oxygens (including phenoxy) is 1. The van der Waals surface area contributed by atoms with E-state index in [-0.39, 0.29) is 11.5 Å². The summed E-state index contributed by atoms with van der Waals surface area (Å²) >= 11 is 0. The first kappa shape index (κ1) is 17.2. The monoisotopic (exact) mass is 333 g/mol. The van der Waals surface area contributed by atoms with Crippen LogP contribution >= 0.6 is 0 Å². The average molecular weight is 333 g/mol. The van der Waals surface area contributed by atoms with E-state index in [1.54, 1.807) is 12.1 Å². The predicted octanol–water partition coefficient (Wildman–Crippen LogP) is 2.27. The summed E-state index contributed by atoms with van der Waals surface area (Å²) in [4.78, 5) is 11.8. The Labute approximate surface area is 136 Å². The fourth-order valence-corrected chi connectivity index (χ4v) is 2.90. The number of aryl methyl sites for hydroxylation is 1. The second-order valence-corrected chi connectivity index (χ2v) is 6.74. The van der Waals surface area contributed by atoms with Gasteiger partial charge in [-0.05, 0) is 29.7 Å². The highest BCUT2D eigenvalue weighted by atomic mass is 32.2. The Morgan fingerprint density at radius 1 is 1.00 bits per heavy atom. The summed E-state index contributed by atoms with van der Waals surface area (Å²) in [6.07, 6.45) is 0.833. The number of benzene rings is 2. The molecule has 0 amide bonds. The average Bonchev–Trinajstić information content (AvgIpc) is 2.59. The molecule has 2 aromatic carbocycles. The second kappa shape index (κ2) is 7.89. The van der Waals surface area contributed by atoms with Gasteiger partial charge in [0.25, 0.3) is 0 Å². The lowest BCUT2D eigenvalue weighted by atomic mass is 10.2. The number of hydrogen-bond donors (Lipinski definition) is 1. The van der Waals surface area contributed by atoms with Crippen molar-refractivity contribution in [2.75, 3.05) is 6.54 Å². The molecular formula is C17H19NO4S. The Morgan fingerprint density at radius 3 is 2.26 bits per heavy atom. The van der Waals surface area contributed by atoms with E-state index in [4.69, 9.17) is 4.74 Å². The van der Waals surface area contributed by atoms with Gasteiger partial charge in [0.05, 0.1) is 4.90 Å². The van der Waals surface area contributed by atoms with Gasteiger partial charge in [0.1, 0.15) is 13.2 Å².